The Balaban J connectivity index is 2.77. The van der Waals surface area contributed by atoms with Crippen molar-refractivity contribution in [3.63, 3.8) is 0 Å². The zero-order chi connectivity index (χ0) is 7.82. The second kappa shape index (κ2) is 6.85. The van der Waals surface area contributed by atoms with Crippen LogP contribution in [0.4, 0.5) is 8.78 Å². The summed E-state index contributed by atoms with van der Waals surface area (Å²) in [7, 11) is 0. The van der Waals surface area contributed by atoms with Gasteiger partial charge in [0.2, 0.25) is 0 Å². The average molecular weight is 156 g/mol. The molecule has 0 fully saturated rings. The minimum atomic E-state index is -2.74. The van der Waals surface area contributed by atoms with E-state index in [9.17, 15) is 8.78 Å². The smallest absolute Gasteiger partial charge is 0.345 e. The van der Waals surface area contributed by atoms with E-state index in [1.165, 1.54) is 0 Å². The number of aliphatic hydroxyl groups excluding tert-OH is 1. The van der Waals surface area contributed by atoms with E-state index in [0.29, 0.717) is 0 Å². The summed E-state index contributed by atoms with van der Waals surface area (Å²) in [6.07, 6.45) is 0. The van der Waals surface area contributed by atoms with Crippen LogP contribution >= 0.6 is 0 Å². The highest BCUT2D eigenvalue weighted by Crippen LogP contribution is 1.92. The van der Waals surface area contributed by atoms with E-state index in [4.69, 9.17) is 5.11 Å². The van der Waals surface area contributed by atoms with Gasteiger partial charge in [0.1, 0.15) is 0 Å². The molecule has 0 aliphatic carbocycles. The van der Waals surface area contributed by atoms with Crippen LogP contribution < -0.4 is 0 Å². The molecule has 0 aromatic heterocycles. The third-order valence-corrected chi connectivity index (χ3v) is 0.707. The molecule has 0 aliphatic rings. The van der Waals surface area contributed by atoms with Crippen molar-refractivity contribution in [2.24, 2.45) is 0 Å². The van der Waals surface area contributed by atoms with Gasteiger partial charge in [-0.2, -0.15) is 8.78 Å². The Labute approximate surface area is 57.6 Å². The molecule has 62 valence electrons. The van der Waals surface area contributed by atoms with Gasteiger partial charge in [0.05, 0.1) is 26.4 Å². The monoisotopic (exact) mass is 156 g/mol. The number of hydrogen-bond donors (Lipinski definition) is 1. The molecule has 0 saturated heterocycles. The summed E-state index contributed by atoms with van der Waals surface area (Å²) in [5, 5.41) is 8.16. The van der Waals surface area contributed by atoms with Crippen molar-refractivity contribution in [2.45, 2.75) is 6.61 Å². The number of aliphatic hydroxyl groups is 1. The molecule has 3 nitrogen and oxygen atoms in total. The minimum Gasteiger partial charge on any atom is -0.394 e. The first kappa shape index (κ1) is 9.74. The largest absolute Gasteiger partial charge is 0.394 e. The second-order valence-electron chi connectivity index (χ2n) is 1.47. The van der Waals surface area contributed by atoms with Gasteiger partial charge in [0, 0.05) is 0 Å². The zero-order valence-electron chi connectivity index (χ0n) is 5.43. The number of halogens is 2. The SMILES string of the molecule is OCCOCCOC(F)F. The lowest BCUT2D eigenvalue weighted by Gasteiger charge is -2.01. The molecule has 0 aliphatic heterocycles. The molecule has 0 rings (SSSR count). The molecule has 0 bridgehead atoms. The quantitative estimate of drug-likeness (QED) is 0.559. The van der Waals surface area contributed by atoms with Gasteiger partial charge in [0.25, 0.3) is 0 Å². The van der Waals surface area contributed by atoms with Crippen molar-refractivity contribution in [1.29, 1.82) is 0 Å². The van der Waals surface area contributed by atoms with Gasteiger partial charge in [-0.1, -0.05) is 0 Å². The maximum absolute atomic E-state index is 11.2. The fraction of sp³-hybridized carbons (Fsp3) is 1.00. The summed E-state index contributed by atoms with van der Waals surface area (Å²) >= 11 is 0. The van der Waals surface area contributed by atoms with Gasteiger partial charge >= 0.3 is 6.61 Å². The molecule has 1 N–H and O–H groups in total. The fourth-order valence-electron chi connectivity index (χ4n) is 0.363. The minimum absolute atomic E-state index is 0.0882. The first-order valence-electron chi connectivity index (χ1n) is 2.85. The van der Waals surface area contributed by atoms with Crippen LogP contribution in [0.5, 0.6) is 0 Å². The van der Waals surface area contributed by atoms with Gasteiger partial charge in [-0.05, 0) is 0 Å². The lowest BCUT2D eigenvalue weighted by atomic mass is 10.7. The van der Waals surface area contributed by atoms with E-state index in [1.807, 2.05) is 0 Å². The van der Waals surface area contributed by atoms with E-state index < -0.39 is 6.61 Å². The first-order valence-corrected chi connectivity index (χ1v) is 2.85. The average Bonchev–Trinajstić information content (AvgIpc) is 1.87. The molecule has 0 spiro atoms. The van der Waals surface area contributed by atoms with Gasteiger partial charge < -0.3 is 14.6 Å². The molecular weight excluding hydrogens is 146 g/mol. The van der Waals surface area contributed by atoms with E-state index in [1.54, 1.807) is 0 Å². The normalized spacial score (nSPS) is 10.8. The number of rotatable bonds is 6. The summed E-state index contributed by atoms with van der Waals surface area (Å²) in [5.41, 5.74) is 0. The molecule has 0 heterocycles. The highest BCUT2D eigenvalue weighted by atomic mass is 19.3. The number of ether oxygens (including phenoxy) is 2. The lowest BCUT2D eigenvalue weighted by Crippen LogP contribution is -2.09. The molecule has 0 radical (unpaired) electrons. The molecule has 5 heteroatoms. The number of hydrogen-bond acceptors (Lipinski definition) is 3. The van der Waals surface area contributed by atoms with E-state index in [-0.39, 0.29) is 26.4 Å². The van der Waals surface area contributed by atoms with Crippen LogP contribution in [0.2, 0.25) is 0 Å². The summed E-state index contributed by atoms with van der Waals surface area (Å²) in [4.78, 5) is 0. The summed E-state index contributed by atoms with van der Waals surface area (Å²) in [6.45, 7) is -2.73. The van der Waals surface area contributed by atoms with Crippen molar-refractivity contribution >= 4 is 0 Å². The Morgan fingerprint density at radius 1 is 1.20 bits per heavy atom. The Hall–Kier alpha value is -0.260. The standard InChI is InChI=1S/C5H10F2O3/c6-5(7)10-4-3-9-2-1-8/h5,8H,1-4H2. The summed E-state index contributed by atoms with van der Waals surface area (Å²) < 4.78 is 30.9. The highest BCUT2D eigenvalue weighted by Gasteiger charge is 1.99. The third-order valence-electron chi connectivity index (χ3n) is 0.707. The van der Waals surface area contributed by atoms with Gasteiger partial charge in [-0.3, -0.25) is 0 Å². The molecule has 0 saturated carbocycles. The van der Waals surface area contributed by atoms with Crippen LogP contribution in [0.25, 0.3) is 0 Å². The van der Waals surface area contributed by atoms with Crippen LogP contribution in [0.15, 0.2) is 0 Å². The van der Waals surface area contributed by atoms with E-state index >= 15 is 0 Å². The van der Waals surface area contributed by atoms with Crippen LogP contribution in [0.3, 0.4) is 0 Å². The Morgan fingerprint density at radius 2 is 1.90 bits per heavy atom. The van der Waals surface area contributed by atoms with Gasteiger partial charge in [0.15, 0.2) is 0 Å². The fourth-order valence-corrected chi connectivity index (χ4v) is 0.363. The Kier molecular flexibility index (Phi) is 6.68. The molecule has 10 heavy (non-hydrogen) atoms. The van der Waals surface area contributed by atoms with Crippen molar-refractivity contribution in [2.75, 3.05) is 26.4 Å². The van der Waals surface area contributed by atoms with Gasteiger partial charge in [-0.25, -0.2) is 0 Å². The maximum Gasteiger partial charge on any atom is 0.345 e. The molecule has 0 atom stereocenters. The number of alkyl halides is 2. The van der Waals surface area contributed by atoms with Crippen LogP contribution in [-0.4, -0.2) is 38.1 Å². The van der Waals surface area contributed by atoms with Crippen LogP contribution in [-0.2, 0) is 9.47 Å². The molecule has 0 aromatic carbocycles. The lowest BCUT2D eigenvalue weighted by molar-refractivity contribution is -0.139. The van der Waals surface area contributed by atoms with E-state index in [0.717, 1.165) is 0 Å². The first-order chi connectivity index (χ1) is 4.77. The molecule has 0 unspecified atom stereocenters. The molecular formula is C5H10F2O3. The van der Waals surface area contributed by atoms with Crippen molar-refractivity contribution in [3.8, 4) is 0 Å². The van der Waals surface area contributed by atoms with Gasteiger partial charge in [-0.15, -0.1) is 0 Å². The van der Waals surface area contributed by atoms with Crippen molar-refractivity contribution in [3.05, 3.63) is 0 Å². The topological polar surface area (TPSA) is 38.7 Å². The zero-order valence-corrected chi connectivity index (χ0v) is 5.43. The van der Waals surface area contributed by atoms with Crippen LogP contribution in [0.1, 0.15) is 0 Å². The third kappa shape index (κ3) is 7.74. The van der Waals surface area contributed by atoms with Crippen molar-refractivity contribution in [1.82, 2.24) is 0 Å². The maximum atomic E-state index is 11.2. The van der Waals surface area contributed by atoms with Crippen LogP contribution in [0, 0.1) is 0 Å². The predicted molar refractivity (Wildman–Crippen MR) is 29.9 cm³/mol. The highest BCUT2D eigenvalue weighted by molar-refractivity contribution is 4.28. The Morgan fingerprint density at radius 3 is 2.40 bits per heavy atom. The molecule has 0 amide bonds. The summed E-state index contributed by atoms with van der Waals surface area (Å²) in [6, 6.07) is 0. The second-order valence-corrected chi connectivity index (χ2v) is 1.47. The Bertz CT molecular complexity index is 69.9. The predicted octanol–water partition coefficient (Wildman–Crippen LogP) is 0.235. The van der Waals surface area contributed by atoms with E-state index in [2.05, 4.69) is 9.47 Å². The summed E-state index contributed by atoms with van der Waals surface area (Å²) in [5.74, 6) is 0. The van der Waals surface area contributed by atoms with Crippen molar-refractivity contribution < 1.29 is 23.4 Å². The molecule has 0 aromatic rings.